The molecule has 9 nitrogen and oxygen atoms in total. The van der Waals surface area contributed by atoms with E-state index in [0.717, 1.165) is 32.5 Å². The molecule has 2 aliphatic rings. The third kappa shape index (κ3) is 8.98. The second-order valence-corrected chi connectivity index (χ2v) is 12.7. The Labute approximate surface area is 241 Å². The molecule has 0 radical (unpaired) electrons. The molecule has 0 spiro atoms. The smallest absolute Gasteiger partial charge is 0.318 e. The summed E-state index contributed by atoms with van der Waals surface area (Å²) in [5, 5.41) is 7.03. The number of likely N-dealkylation sites (tertiary alicyclic amines) is 1. The molecule has 0 saturated carbocycles. The lowest BCUT2D eigenvalue weighted by Crippen LogP contribution is -2.59. The van der Waals surface area contributed by atoms with Crippen LogP contribution in [0.15, 0.2) is 41.6 Å². The number of hydrogen-bond donors (Lipinski definition) is 2. The standard InChI is InChI=1S/C28H40ClN7O2S/c1-20-17-35(14-15-36(20)27(38)33-28(2,3)4)24-16-23(29)31-26(32-24)39-19-25(37)30-22-10-12-34(13-11-22)18-21-8-6-5-7-9-21/h5-9,16,20,22H,10-15,17-19H2,1-4H3,(H,30,37)(H,33,38). The normalized spacial score (nSPS) is 19.2. The van der Waals surface area contributed by atoms with Crippen LogP contribution >= 0.6 is 23.4 Å². The Morgan fingerprint density at radius 2 is 1.79 bits per heavy atom. The van der Waals surface area contributed by atoms with Gasteiger partial charge in [0.2, 0.25) is 5.91 Å². The van der Waals surface area contributed by atoms with Gasteiger partial charge in [0.1, 0.15) is 11.0 Å². The van der Waals surface area contributed by atoms with Gasteiger partial charge in [-0.25, -0.2) is 14.8 Å². The Balaban J connectivity index is 1.23. The highest BCUT2D eigenvalue weighted by atomic mass is 35.5. The van der Waals surface area contributed by atoms with Gasteiger partial charge in [-0.15, -0.1) is 0 Å². The van der Waals surface area contributed by atoms with Crippen LogP contribution in [0.4, 0.5) is 10.6 Å². The number of benzene rings is 1. The molecular formula is C28H40ClN7O2S. The zero-order chi connectivity index (χ0) is 28.0. The Hall–Kier alpha value is -2.56. The summed E-state index contributed by atoms with van der Waals surface area (Å²) < 4.78 is 0. The first-order valence-corrected chi connectivity index (χ1v) is 15.0. The van der Waals surface area contributed by atoms with Gasteiger partial charge in [0, 0.05) is 63.0 Å². The molecule has 2 N–H and O–H groups in total. The second kappa shape index (κ2) is 13.2. The minimum Gasteiger partial charge on any atom is -0.353 e. The summed E-state index contributed by atoms with van der Waals surface area (Å²) in [6.45, 7) is 12.7. The number of nitrogens with zero attached hydrogens (tertiary/aromatic N) is 5. The maximum absolute atomic E-state index is 12.7. The highest BCUT2D eigenvalue weighted by molar-refractivity contribution is 7.99. The zero-order valence-corrected chi connectivity index (χ0v) is 24.9. The molecule has 2 aromatic rings. The number of aromatic nitrogens is 2. The molecule has 212 valence electrons. The fraction of sp³-hybridized carbons (Fsp3) is 0.571. The number of amides is 3. The largest absolute Gasteiger partial charge is 0.353 e. The summed E-state index contributed by atoms with van der Waals surface area (Å²) >= 11 is 7.62. The molecule has 2 fully saturated rings. The van der Waals surface area contributed by atoms with E-state index in [-0.39, 0.29) is 35.3 Å². The van der Waals surface area contributed by atoms with Crippen LogP contribution in [0, 0.1) is 0 Å². The number of thioether (sulfide) groups is 1. The van der Waals surface area contributed by atoms with Crippen LogP contribution in [0.5, 0.6) is 0 Å². The molecule has 0 aliphatic carbocycles. The van der Waals surface area contributed by atoms with Crippen LogP contribution in [0.3, 0.4) is 0 Å². The fourth-order valence-corrected chi connectivity index (χ4v) is 5.84. The van der Waals surface area contributed by atoms with Gasteiger partial charge in [0.15, 0.2) is 5.16 Å². The van der Waals surface area contributed by atoms with Crippen LogP contribution in [0.25, 0.3) is 0 Å². The SMILES string of the molecule is CC1CN(c2cc(Cl)nc(SCC(=O)NC3CCN(Cc4ccccc4)CC3)n2)CCN1C(=O)NC(C)(C)C. The number of piperidine rings is 1. The first-order chi connectivity index (χ1) is 18.6. The van der Waals surface area contributed by atoms with Crippen molar-refractivity contribution >= 4 is 41.1 Å². The summed E-state index contributed by atoms with van der Waals surface area (Å²) in [6, 6.07) is 12.4. The summed E-state index contributed by atoms with van der Waals surface area (Å²) in [5.41, 5.74) is 1.03. The van der Waals surface area contributed by atoms with Gasteiger partial charge in [-0.05, 0) is 46.1 Å². The minimum atomic E-state index is -0.285. The monoisotopic (exact) mass is 573 g/mol. The van der Waals surface area contributed by atoms with E-state index in [0.29, 0.717) is 35.8 Å². The molecule has 1 aromatic carbocycles. The van der Waals surface area contributed by atoms with E-state index in [2.05, 4.69) is 54.7 Å². The predicted octanol–water partition coefficient (Wildman–Crippen LogP) is 4.02. The number of urea groups is 1. The van der Waals surface area contributed by atoms with E-state index in [1.165, 1.54) is 17.3 Å². The van der Waals surface area contributed by atoms with Crippen LogP contribution < -0.4 is 15.5 Å². The number of piperazine rings is 1. The van der Waals surface area contributed by atoms with Gasteiger partial charge in [-0.2, -0.15) is 0 Å². The molecule has 4 rings (SSSR count). The van der Waals surface area contributed by atoms with E-state index < -0.39 is 0 Å². The topological polar surface area (TPSA) is 93.7 Å². The zero-order valence-electron chi connectivity index (χ0n) is 23.3. The molecule has 2 saturated heterocycles. The summed E-state index contributed by atoms with van der Waals surface area (Å²) in [4.78, 5) is 40.8. The Morgan fingerprint density at radius 3 is 2.46 bits per heavy atom. The molecule has 39 heavy (non-hydrogen) atoms. The number of carbonyl (C=O) groups is 2. The number of carbonyl (C=O) groups excluding carboxylic acids is 2. The maximum Gasteiger partial charge on any atom is 0.318 e. The highest BCUT2D eigenvalue weighted by Crippen LogP contribution is 2.24. The van der Waals surface area contributed by atoms with Gasteiger partial charge in [0.25, 0.3) is 0 Å². The van der Waals surface area contributed by atoms with Crippen molar-refractivity contribution in [2.75, 3.05) is 43.4 Å². The summed E-state index contributed by atoms with van der Waals surface area (Å²) in [7, 11) is 0. The van der Waals surface area contributed by atoms with Gasteiger partial charge in [0.05, 0.1) is 5.75 Å². The lowest BCUT2D eigenvalue weighted by Gasteiger charge is -2.41. The van der Waals surface area contributed by atoms with Gasteiger partial charge in [-0.3, -0.25) is 9.69 Å². The first-order valence-electron chi connectivity index (χ1n) is 13.6. The third-order valence-electron chi connectivity index (χ3n) is 6.89. The number of hydrogen-bond acceptors (Lipinski definition) is 7. The van der Waals surface area contributed by atoms with Crippen LogP contribution in [0.2, 0.25) is 5.15 Å². The number of anilines is 1. The van der Waals surface area contributed by atoms with Crippen molar-refractivity contribution in [3.05, 3.63) is 47.1 Å². The quantitative estimate of drug-likeness (QED) is 0.293. The Kier molecular flexibility index (Phi) is 9.96. The fourth-order valence-electron chi connectivity index (χ4n) is 4.95. The number of rotatable bonds is 7. The van der Waals surface area contributed by atoms with Crippen molar-refractivity contribution in [3.63, 3.8) is 0 Å². The highest BCUT2D eigenvalue weighted by Gasteiger charge is 2.30. The van der Waals surface area contributed by atoms with Crippen molar-refractivity contribution in [2.45, 2.75) is 69.9 Å². The second-order valence-electron chi connectivity index (χ2n) is 11.4. The van der Waals surface area contributed by atoms with E-state index in [1.54, 1.807) is 6.07 Å². The summed E-state index contributed by atoms with van der Waals surface area (Å²) in [5.74, 6) is 0.936. The maximum atomic E-state index is 12.7. The Bertz CT molecular complexity index is 1120. The number of halogens is 1. The molecule has 11 heteroatoms. The minimum absolute atomic E-state index is 0.0100. The van der Waals surface area contributed by atoms with E-state index in [1.807, 2.05) is 38.7 Å². The predicted molar refractivity (Wildman–Crippen MR) is 157 cm³/mol. The van der Waals surface area contributed by atoms with Crippen LogP contribution in [-0.4, -0.2) is 87.8 Å². The number of nitrogens with one attached hydrogen (secondary N) is 2. The van der Waals surface area contributed by atoms with Gasteiger partial charge >= 0.3 is 6.03 Å². The molecule has 1 atom stereocenters. The van der Waals surface area contributed by atoms with Gasteiger partial charge in [-0.1, -0.05) is 53.7 Å². The molecule has 3 amide bonds. The first kappa shape index (κ1) is 29.4. The third-order valence-corrected chi connectivity index (χ3v) is 7.93. The van der Waals surface area contributed by atoms with Crippen molar-refractivity contribution in [1.29, 1.82) is 0 Å². The molecule has 1 unspecified atom stereocenters. The Morgan fingerprint density at radius 1 is 1.08 bits per heavy atom. The van der Waals surface area contributed by atoms with E-state index >= 15 is 0 Å². The average molecular weight is 574 g/mol. The lowest BCUT2D eigenvalue weighted by atomic mass is 10.0. The van der Waals surface area contributed by atoms with Crippen molar-refractivity contribution in [2.24, 2.45) is 0 Å². The van der Waals surface area contributed by atoms with Crippen LogP contribution in [0.1, 0.15) is 46.1 Å². The lowest BCUT2D eigenvalue weighted by molar-refractivity contribution is -0.119. The van der Waals surface area contributed by atoms with Crippen LogP contribution in [-0.2, 0) is 11.3 Å². The molecule has 3 heterocycles. The van der Waals surface area contributed by atoms with Crippen molar-refractivity contribution < 1.29 is 9.59 Å². The van der Waals surface area contributed by atoms with E-state index in [9.17, 15) is 9.59 Å². The van der Waals surface area contributed by atoms with E-state index in [4.69, 9.17) is 11.6 Å². The van der Waals surface area contributed by atoms with Crippen molar-refractivity contribution in [1.82, 2.24) is 30.4 Å². The molecule has 0 bridgehead atoms. The molecule has 2 aliphatic heterocycles. The average Bonchev–Trinajstić information content (AvgIpc) is 2.88. The van der Waals surface area contributed by atoms with Crippen molar-refractivity contribution in [3.8, 4) is 0 Å². The van der Waals surface area contributed by atoms with Gasteiger partial charge < -0.3 is 20.4 Å². The summed E-state index contributed by atoms with van der Waals surface area (Å²) in [6.07, 6.45) is 1.89. The molecular weight excluding hydrogens is 534 g/mol. The molecule has 1 aromatic heterocycles.